The van der Waals surface area contributed by atoms with Gasteiger partial charge in [0.15, 0.2) is 6.10 Å². The number of allylic oxidation sites excluding steroid dienone is 1. The molecule has 4 nitrogen and oxygen atoms in total. The molecule has 0 rings (SSSR count). The highest BCUT2D eigenvalue weighted by atomic mass is 16.6. The molecule has 2 unspecified atom stereocenters. The number of rotatable bonds is 8. The van der Waals surface area contributed by atoms with Crippen LogP contribution < -0.4 is 0 Å². The van der Waals surface area contributed by atoms with Crippen LogP contribution in [0.1, 0.15) is 33.1 Å². The van der Waals surface area contributed by atoms with E-state index in [2.05, 4.69) is 11.7 Å². The summed E-state index contributed by atoms with van der Waals surface area (Å²) in [7, 11) is 1.29. The highest BCUT2D eigenvalue weighted by Gasteiger charge is 2.26. The highest BCUT2D eigenvalue weighted by Crippen LogP contribution is 2.06. The van der Waals surface area contributed by atoms with Crippen LogP contribution in [0.3, 0.4) is 0 Å². The van der Waals surface area contributed by atoms with E-state index in [9.17, 15) is 9.90 Å². The molecule has 2 atom stereocenters. The maximum Gasteiger partial charge on any atom is 0.337 e. The first kappa shape index (κ1) is 15.1. The summed E-state index contributed by atoms with van der Waals surface area (Å²) < 4.78 is 9.85. The van der Waals surface area contributed by atoms with Gasteiger partial charge in [-0.2, -0.15) is 0 Å². The number of hydrogen-bond donors (Lipinski definition) is 1. The summed E-state index contributed by atoms with van der Waals surface area (Å²) in [6.45, 7) is 4.19. The van der Waals surface area contributed by atoms with Crippen molar-refractivity contribution in [1.82, 2.24) is 0 Å². The van der Waals surface area contributed by atoms with E-state index in [0.717, 1.165) is 12.8 Å². The van der Waals surface area contributed by atoms with E-state index in [4.69, 9.17) is 4.74 Å². The van der Waals surface area contributed by atoms with Crippen molar-refractivity contribution >= 4 is 5.97 Å². The Balaban J connectivity index is 4.07. The fourth-order valence-electron chi connectivity index (χ4n) is 1.18. The molecule has 0 saturated carbocycles. The second-order valence-electron chi connectivity index (χ2n) is 3.51. The van der Waals surface area contributed by atoms with E-state index in [1.807, 2.05) is 12.2 Å². The first-order valence-corrected chi connectivity index (χ1v) is 5.69. The van der Waals surface area contributed by atoms with E-state index in [1.54, 1.807) is 6.92 Å². The number of carbonyl (C=O) groups is 1. The Morgan fingerprint density at radius 1 is 1.38 bits per heavy atom. The lowest BCUT2D eigenvalue weighted by Crippen LogP contribution is -2.37. The topological polar surface area (TPSA) is 55.8 Å². The number of unbranched alkanes of at least 4 members (excludes halogenated alkanes) is 1. The Hall–Kier alpha value is -0.870. The van der Waals surface area contributed by atoms with Crippen molar-refractivity contribution in [1.29, 1.82) is 0 Å². The molecule has 0 aromatic carbocycles. The molecule has 4 heteroatoms. The van der Waals surface area contributed by atoms with E-state index in [1.165, 1.54) is 7.11 Å². The zero-order valence-electron chi connectivity index (χ0n) is 10.3. The SMILES string of the molecule is CCC/C=C\COC(C(=O)OC)C(O)CC. The summed E-state index contributed by atoms with van der Waals surface area (Å²) in [6.07, 6.45) is 4.66. The van der Waals surface area contributed by atoms with Crippen molar-refractivity contribution in [3.63, 3.8) is 0 Å². The minimum Gasteiger partial charge on any atom is -0.467 e. The highest BCUT2D eigenvalue weighted by molar-refractivity contribution is 5.75. The smallest absolute Gasteiger partial charge is 0.337 e. The Labute approximate surface area is 97.2 Å². The minimum absolute atomic E-state index is 0.316. The number of ether oxygens (including phenoxy) is 2. The number of hydrogen-bond acceptors (Lipinski definition) is 4. The first-order valence-electron chi connectivity index (χ1n) is 5.69. The van der Waals surface area contributed by atoms with Gasteiger partial charge in [-0.25, -0.2) is 4.79 Å². The third-order valence-electron chi connectivity index (χ3n) is 2.20. The lowest BCUT2D eigenvalue weighted by molar-refractivity contribution is -0.161. The van der Waals surface area contributed by atoms with Crippen molar-refractivity contribution < 1.29 is 19.4 Å². The van der Waals surface area contributed by atoms with Crippen LogP contribution in [0.25, 0.3) is 0 Å². The van der Waals surface area contributed by atoms with Gasteiger partial charge in [-0.3, -0.25) is 0 Å². The number of methoxy groups -OCH3 is 1. The fourth-order valence-corrected chi connectivity index (χ4v) is 1.18. The molecule has 0 aliphatic rings. The summed E-state index contributed by atoms with van der Waals surface area (Å²) in [5.74, 6) is -0.529. The van der Waals surface area contributed by atoms with E-state index in [0.29, 0.717) is 13.0 Å². The summed E-state index contributed by atoms with van der Waals surface area (Å²) >= 11 is 0. The van der Waals surface area contributed by atoms with Gasteiger partial charge in [0.1, 0.15) is 0 Å². The summed E-state index contributed by atoms with van der Waals surface area (Å²) in [6, 6.07) is 0. The van der Waals surface area contributed by atoms with Crippen LogP contribution in [0.5, 0.6) is 0 Å². The van der Waals surface area contributed by atoms with Crippen LogP contribution in [-0.2, 0) is 14.3 Å². The Morgan fingerprint density at radius 2 is 2.06 bits per heavy atom. The summed E-state index contributed by atoms with van der Waals surface area (Å²) in [4.78, 5) is 11.3. The van der Waals surface area contributed by atoms with Gasteiger partial charge in [0.2, 0.25) is 0 Å². The van der Waals surface area contributed by atoms with Crippen molar-refractivity contribution in [2.75, 3.05) is 13.7 Å². The third-order valence-corrected chi connectivity index (χ3v) is 2.20. The van der Waals surface area contributed by atoms with Crippen LogP contribution in [0.2, 0.25) is 0 Å². The van der Waals surface area contributed by atoms with Crippen LogP contribution in [0.15, 0.2) is 12.2 Å². The summed E-state index contributed by atoms with van der Waals surface area (Å²) in [5, 5.41) is 9.57. The number of aliphatic hydroxyl groups is 1. The second-order valence-corrected chi connectivity index (χ2v) is 3.51. The third kappa shape index (κ3) is 5.88. The maximum atomic E-state index is 11.3. The second kappa shape index (κ2) is 9.36. The fraction of sp³-hybridized carbons (Fsp3) is 0.750. The molecule has 0 aliphatic carbocycles. The average molecular weight is 230 g/mol. The number of aliphatic hydroxyl groups excluding tert-OH is 1. The van der Waals surface area contributed by atoms with Gasteiger partial charge in [-0.1, -0.05) is 32.4 Å². The zero-order chi connectivity index (χ0) is 12.4. The van der Waals surface area contributed by atoms with Crippen LogP contribution in [-0.4, -0.2) is 37.0 Å². The van der Waals surface area contributed by atoms with Crippen molar-refractivity contribution in [3.8, 4) is 0 Å². The lowest BCUT2D eigenvalue weighted by atomic mass is 10.1. The molecule has 16 heavy (non-hydrogen) atoms. The van der Waals surface area contributed by atoms with Gasteiger partial charge in [0.25, 0.3) is 0 Å². The minimum atomic E-state index is -0.888. The molecule has 94 valence electrons. The zero-order valence-corrected chi connectivity index (χ0v) is 10.3. The van der Waals surface area contributed by atoms with Gasteiger partial charge in [-0.15, -0.1) is 0 Å². The van der Waals surface area contributed by atoms with Crippen LogP contribution >= 0.6 is 0 Å². The monoisotopic (exact) mass is 230 g/mol. The normalized spacial score (nSPS) is 15.0. The molecule has 0 saturated heterocycles. The van der Waals surface area contributed by atoms with Crippen molar-refractivity contribution in [2.24, 2.45) is 0 Å². The Bertz CT molecular complexity index is 213. The van der Waals surface area contributed by atoms with Crippen molar-refractivity contribution in [2.45, 2.75) is 45.3 Å². The lowest BCUT2D eigenvalue weighted by Gasteiger charge is -2.19. The molecule has 0 spiro atoms. The molecule has 0 radical (unpaired) electrons. The predicted molar refractivity (Wildman–Crippen MR) is 62.1 cm³/mol. The van der Waals surface area contributed by atoms with E-state index >= 15 is 0 Å². The maximum absolute atomic E-state index is 11.3. The molecule has 0 aromatic heterocycles. The standard InChI is InChI=1S/C12H22O4/c1-4-6-7-8-9-16-11(10(13)5-2)12(14)15-3/h7-8,10-11,13H,4-6,9H2,1-3H3/b8-7-. The molecule has 0 aliphatic heterocycles. The van der Waals surface area contributed by atoms with Crippen LogP contribution in [0, 0.1) is 0 Å². The van der Waals surface area contributed by atoms with Crippen molar-refractivity contribution in [3.05, 3.63) is 12.2 Å². The van der Waals surface area contributed by atoms with Gasteiger partial charge in [0.05, 0.1) is 19.8 Å². The molecule has 0 heterocycles. The first-order chi connectivity index (χ1) is 7.67. The van der Waals surface area contributed by atoms with Crippen LogP contribution in [0.4, 0.5) is 0 Å². The van der Waals surface area contributed by atoms with Gasteiger partial charge in [0, 0.05) is 0 Å². The molecule has 0 bridgehead atoms. The molecule has 1 N–H and O–H groups in total. The molecule has 0 aromatic rings. The van der Waals surface area contributed by atoms with E-state index < -0.39 is 18.2 Å². The van der Waals surface area contributed by atoms with Gasteiger partial charge < -0.3 is 14.6 Å². The number of esters is 1. The summed E-state index contributed by atoms with van der Waals surface area (Å²) in [5.41, 5.74) is 0. The average Bonchev–Trinajstić information content (AvgIpc) is 2.32. The molecule has 0 amide bonds. The van der Waals surface area contributed by atoms with Gasteiger partial charge in [-0.05, 0) is 12.8 Å². The molecular weight excluding hydrogens is 208 g/mol. The molecular formula is C12H22O4. The van der Waals surface area contributed by atoms with Gasteiger partial charge >= 0.3 is 5.97 Å². The Kier molecular flexibility index (Phi) is 8.85. The van der Waals surface area contributed by atoms with E-state index in [-0.39, 0.29) is 0 Å². The number of carbonyl (C=O) groups excluding carboxylic acids is 1. The largest absolute Gasteiger partial charge is 0.467 e. The predicted octanol–water partition coefficient (Wildman–Crippen LogP) is 1.67. The quantitative estimate of drug-likeness (QED) is 0.509. The Morgan fingerprint density at radius 3 is 2.56 bits per heavy atom. The molecule has 0 fully saturated rings.